The highest BCUT2D eigenvalue weighted by atomic mass is 19.1. The number of carbonyl (C=O) groups is 1. The zero-order chi connectivity index (χ0) is 12.3. The van der Waals surface area contributed by atoms with Gasteiger partial charge in [0.15, 0.2) is 5.75 Å². The molecule has 17 heavy (non-hydrogen) atoms. The molecule has 1 heterocycles. The average Bonchev–Trinajstić information content (AvgIpc) is 2.38. The Morgan fingerprint density at radius 2 is 1.94 bits per heavy atom. The van der Waals surface area contributed by atoms with Crippen LogP contribution in [0.1, 0.15) is 10.4 Å². The van der Waals surface area contributed by atoms with Gasteiger partial charge < -0.3 is 4.74 Å². The molecule has 0 spiro atoms. The van der Waals surface area contributed by atoms with E-state index >= 15 is 0 Å². The Hall–Kier alpha value is -2.23. The lowest BCUT2D eigenvalue weighted by atomic mass is 10.0. The van der Waals surface area contributed by atoms with Crippen LogP contribution in [0.3, 0.4) is 0 Å². The zero-order valence-electron chi connectivity index (χ0n) is 9.18. The number of carbonyl (C=O) groups excluding carboxylic acids is 1. The van der Waals surface area contributed by atoms with Gasteiger partial charge in [-0.1, -0.05) is 24.3 Å². The van der Waals surface area contributed by atoms with Crippen LogP contribution in [0.2, 0.25) is 0 Å². The number of ether oxygens (including phenoxy) is 1. The molecule has 0 aliphatic rings. The molecule has 0 atom stereocenters. The summed E-state index contributed by atoms with van der Waals surface area (Å²) in [5.74, 6) is -0.546. The van der Waals surface area contributed by atoms with Crippen LogP contribution in [0.4, 0.5) is 4.39 Å². The number of methoxy groups -OCH3 is 1. The summed E-state index contributed by atoms with van der Waals surface area (Å²) in [4.78, 5) is 14.1. The van der Waals surface area contributed by atoms with Crippen LogP contribution < -0.4 is 4.74 Å². The monoisotopic (exact) mass is 231 g/mol. The van der Waals surface area contributed by atoms with Gasteiger partial charge in [0.05, 0.1) is 7.11 Å². The SMILES string of the molecule is COc1c(-c2ccc(C=O)cc2)ccnc1F. The number of aromatic nitrogens is 1. The minimum atomic E-state index is -0.649. The summed E-state index contributed by atoms with van der Waals surface area (Å²) in [5, 5.41) is 0. The van der Waals surface area contributed by atoms with Gasteiger partial charge in [0.25, 0.3) is 5.95 Å². The Morgan fingerprint density at radius 3 is 2.53 bits per heavy atom. The summed E-state index contributed by atoms with van der Waals surface area (Å²) < 4.78 is 18.4. The molecule has 0 bridgehead atoms. The largest absolute Gasteiger partial charge is 0.491 e. The van der Waals surface area contributed by atoms with Gasteiger partial charge in [0.2, 0.25) is 0 Å². The van der Waals surface area contributed by atoms with Gasteiger partial charge in [-0.15, -0.1) is 0 Å². The Labute approximate surface area is 97.9 Å². The first-order valence-corrected chi connectivity index (χ1v) is 5.00. The van der Waals surface area contributed by atoms with Gasteiger partial charge in [-0.05, 0) is 11.6 Å². The quantitative estimate of drug-likeness (QED) is 0.602. The lowest BCUT2D eigenvalue weighted by Crippen LogP contribution is -1.94. The van der Waals surface area contributed by atoms with Crippen molar-refractivity contribution in [3.63, 3.8) is 0 Å². The van der Waals surface area contributed by atoms with Crippen LogP contribution in [0.5, 0.6) is 5.75 Å². The molecule has 86 valence electrons. The molecule has 3 nitrogen and oxygen atoms in total. The Morgan fingerprint density at radius 1 is 1.24 bits per heavy atom. The average molecular weight is 231 g/mol. The molecule has 0 N–H and O–H groups in total. The minimum Gasteiger partial charge on any atom is -0.491 e. The summed E-state index contributed by atoms with van der Waals surface area (Å²) in [6.45, 7) is 0. The van der Waals surface area contributed by atoms with Crippen molar-refractivity contribution in [3.8, 4) is 16.9 Å². The van der Waals surface area contributed by atoms with Gasteiger partial charge in [-0.25, -0.2) is 4.98 Å². The van der Waals surface area contributed by atoms with Gasteiger partial charge >= 0.3 is 0 Å². The van der Waals surface area contributed by atoms with Crippen LogP contribution in [0.25, 0.3) is 11.1 Å². The van der Waals surface area contributed by atoms with E-state index < -0.39 is 5.95 Å². The molecule has 4 heteroatoms. The van der Waals surface area contributed by atoms with E-state index in [0.717, 1.165) is 11.8 Å². The minimum absolute atomic E-state index is 0.103. The van der Waals surface area contributed by atoms with Gasteiger partial charge in [-0.3, -0.25) is 4.79 Å². The summed E-state index contributed by atoms with van der Waals surface area (Å²) in [7, 11) is 1.39. The summed E-state index contributed by atoms with van der Waals surface area (Å²) in [6, 6.07) is 8.47. The maximum atomic E-state index is 13.4. The van der Waals surface area contributed by atoms with Crippen molar-refractivity contribution in [3.05, 3.63) is 48.0 Å². The van der Waals surface area contributed by atoms with E-state index in [1.54, 1.807) is 30.3 Å². The summed E-state index contributed by atoms with van der Waals surface area (Å²) >= 11 is 0. The van der Waals surface area contributed by atoms with Crippen molar-refractivity contribution in [2.75, 3.05) is 7.11 Å². The number of pyridine rings is 1. The van der Waals surface area contributed by atoms with E-state index in [4.69, 9.17) is 4.74 Å². The molecule has 0 aliphatic carbocycles. The number of benzene rings is 1. The molecule has 0 aliphatic heterocycles. The van der Waals surface area contributed by atoms with Crippen molar-refractivity contribution < 1.29 is 13.9 Å². The van der Waals surface area contributed by atoms with Crippen LogP contribution in [0.15, 0.2) is 36.5 Å². The Bertz CT molecular complexity index is 538. The number of hydrogen-bond acceptors (Lipinski definition) is 3. The normalized spacial score (nSPS) is 10.0. The molecule has 0 unspecified atom stereocenters. The highest BCUT2D eigenvalue weighted by Crippen LogP contribution is 2.30. The Balaban J connectivity index is 2.52. The fourth-order valence-electron chi connectivity index (χ4n) is 1.59. The summed E-state index contributed by atoms with van der Waals surface area (Å²) in [5.41, 5.74) is 1.95. The lowest BCUT2D eigenvalue weighted by Gasteiger charge is -2.08. The number of aldehydes is 1. The predicted molar refractivity (Wildman–Crippen MR) is 61.6 cm³/mol. The first kappa shape index (κ1) is 11.3. The van der Waals surface area contributed by atoms with E-state index in [0.29, 0.717) is 11.1 Å². The third-order valence-corrected chi connectivity index (χ3v) is 2.42. The molecule has 0 amide bonds. The molecule has 2 aromatic rings. The van der Waals surface area contributed by atoms with E-state index in [1.165, 1.54) is 13.3 Å². The predicted octanol–water partition coefficient (Wildman–Crippen LogP) is 2.71. The van der Waals surface area contributed by atoms with Crippen LogP contribution in [0, 0.1) is 5.95 Å². The zero-order valence-corrected chi connectivity index (χ0v) is 9.18. The molecule has 0 fully saturated rings. The standard InChI is InChI=1S/C13H10FNO2/c1-17-12-11(6-7-15-13(12)14)10-4-2-9(8-16)3-5-10/h2-8H,1H3. The van der Waals surface area contributed by atoms with Crippen molar-refractivity contribution in [1.82, 2.24) is 4.98 Å². The summed E-state index contributed by atoms with van der Waals surface area (Å²) in [6.07, 6.45) is 2.13. The topological polar surface area (TPSA) is 39.2 Å². The van der Waals surface area contributed by atoms with Crippen LogP contribution in [-0.2, 0) is 0 Å². The second kappa shape index (κ2) is 4.74. The molecule has 2 rings (SSSR count). The maximum absolute atomic E-state index is 13.4. The number of halogens is 1. The van der Waals surface area contributed by atoms with Crippen molar-refractivity contribution in [2.45, 2.75) is 0 Å². The van der Waals surface area contributed by atoms with Crippen LogP contribution >= 0.6 is 0 Å². The first-order chi connectivity index (χ1) is 8.26. The fraction of sp³-hybridized carbons (Fsp3) is 0.0769. The molecule has 1 aromatic carbocycles. The van der Waals surface area contributed by atoms with Crippen LogP contribution in [-0.4, -0.2) is 18.4 Å². The molecule has 0 saturated carbocycles. The van der Waals surface area contributed by atoms with Gasteiger partial charge in [-0.2, -0.15) is 4.39 Å². The van der Waals surface area contributed by atoms with E-state index in [-0.39, 0.29) is 5.75 Å². The highest BCUT2D eigenvalue weighted by Gasteiger charge is 2.11. The maximum Gasteiger partial charge on any atom is 0.255 e. The number of hydrogen-bond donors (Lipinski definition) is 0. The van der Waals surface area contributed by atoms with E-state index in [2.05, 4.69) is 4.98 Å². The van der Waals surface area contributed by atoms with Gasteiger partial charge in [0.1, 0.15) is 6.29 Å². The van der Waals surface area contributed by atoms with Crippen molar-refractivity contribution >= 4 is 6.29 Å². The second-order valence-electron chi connectivity index (χ2n) is 3.42. The lowest BCUT2D eigenvalue weighted by molar-refractivity contribution is 0.112. The fourth-order valence-corrected chi connectivity index (χ4v) is 1.59. The van der Waals surface area contributed by atoms with E-state index in [1.807, 2.05) is 0 Å². The van der Waals surface area contributed by atoms with Crippen molar-refractivity contribution in [1.29, 1.82) is 0 Å². The smallest absolute Gasteiger partial charge is 0.255 e. The molecule has 1 aromatic heterocycles. The molecule has 0 saturated heterocycles. The number of nitrogens with zero attached hydrogens (tertiary/aromatic N) is 1. The highest BCUT2D eigenvalue weighted by molar-refractivity contribution is 5.78. The van der Waals surface area contributed by atoms with E-state index in [9.17, 15) is 9.18 Å². The van der Waals surface area contributed by atoms with Crippen molar-refractivity contribution in [2.24, 2.45) is 0 Å². The molecular formula is C13H10FNO2. The molecule has 0 radical (unpaired) electrons. The third-order valence-electron chi connectivity index (χ3n) is 2.42. The van der Waals surface area contributed by atoms with Gasteiger partial charge in [0, 0.05) is 17.3 Å². The Kier molecular flexibility index (Phi) is 3.14. The third kappa shape index (κ3) is 2.15. The first-order valence-electron chi connectivity index (χ1n) is 5.00. The second-order valence-corrected chi connectivity index (χ2v) is 3.42. The number of rotatable bonds is 3. The molecular weight excluding hydrogens is 221 g/mol.